The molecule has 0 aromatic rings. The number of carbonyl (C=O) groups is 2. The average molecular weight is 791 g/mol. The van der Waals surface area contributed by atoms with E-state index in [0.717, 1.165) is 83.5 Å². The maximum Gasteiger partial charge on any atom is 0.472 e. The van der Waals surface area contributed by atoms with Crippen LogP contribution in [0.2, 0.25) is 0 Å². The van der Waals surface area contributed by atoms with E-state index in [1.807, 2.05) is 12.2 Å². The van der Waals surface area contributed by atoms with Gasteiger partial charge in [0.15, 0.2) is 6.10 Å². The summed E-state index contributed by atoms with van der Waals surface area (Å²) in [5.74, 6) is -1.05. The first-order valence-corrected chi connectivity index (χ1v) is 21.7. The highest BCUT2D eigenvalue weighted by molar-refractivity contribution is 7.47. The summed E-state index contributed by atoms with van der Waals surface area (Å²) in [6.45, 7) is 2.06. The molecule has 0 amide bonds. The van der Waals surface area contributed by atoms with E-state index >= 15 is 0 Å². The molecule has 0 saturated heterocycles. The number of phosphoric acid groups is 1. The van der Waals surface area contributed by atoms with Crippen LogP contribution in [0.25, 0.3) is 0 Å². The number of unbranched alkanes of at least 4 members (excludes halogenated alkanes) is 6. The van der Waals surface area contributed by atoms with Crippen molar-refractivity contribution >= 4 is 19.8 Å². The van der Waals surface area contributed by atoms with Crippen LogP contribution >= 0.6 is 7.82 Å². The van der Waals surface area contributed by atoms with E-state index in [4.69, 9.17) is 19.1 Å². The smallest absolute Gasteiger partial charge is 0.462 e. The number of phosphoric ester groups is 1. The lowest BCUT2D eigenvalue weighted by atomic mass is 10.1. The van der Waals surface area contributed by atoms with E-state index in [0.29, 0.717) is 12.8 Å². The topological polar surface area (TPSA) is 149 Å². The summed E-state index contributed by atoms with van der Waals surface area (Å²) in [5, 5.41) is 18.3. The molecule has 0 aromatic carbocycles. The molecule has 3 N–H and O–H groups in total. The van der Waals surface area contributed by atoms with Gasteiger partial charge in [-0.15, -0.1) is 0 Å². The van der Waals surface area contributed by atoms with Crippen LogP contribution in [0, 0.1) is 0 Å². The van der Waals surface area contributed by atoms with Crippen molar-refractivity contribution in [3.05, 3.63) is 97.2 Å². The molecule has 55 heavy (non-hydrogen) atoms. The minimum Gasteiger partial charge on any atom is -0.462 e. The fraction of sp³-hybridized carbons (Fsp3) is 0.591. The predicted molar refractivity (Wildman–Crippen MR) is 223 cm³/mol. The van der Waals surface area contributed by atoms with Crippen LogP contribution in [0.3, 0.4) is 0 Å². The minimum atomic E-state index is -4.64. The van der Waals surface area contributed by atoms with Crippen molar-refractivity contribution in [2.45, 2.75) is 142 Å². The Bertz CT molecular complexity index is 1230. The second-order valence-corrected chi connectivity index (χ2v) is 14.4. The highest BCUT2D eigenvalue weighted by Gasteiger charge is 2.27. The van der Waals surface area contributed by atoms with Gasteiger partial charge < -0.3 is 24.6 Å². The van der Waals surface area contributed by atoms with E-state index in [2.05, 4.69) is 103 Å². The molecule has 11 heteroatoms. The van der Waals surface area contributed by atoms with Gasteiger partial charge in [-0.25, -0.2) is 4.57 Å². The van der Waals surface area contributed by atoms with Crippen LogP contribution in [0.5, 0.6) is 0 Å². The fourth-order valence-electron chi connectivity index (χ4n) is 4.64. The van der Waals surface area contributed by atoms with Crippen molar-refractivity contribution in [2.75, 3.05) is 26.4 Å². The van der Waals surface area contributed by atoms with Crippen molar-refractivity contribution < 1.29 is 47.8 Å². The van der Waals surface area contributed by atoms with Gasteiger partial charge in [0, 0.05) is 12.8 Å². The Morgan fingerprint density at radius 3 is 1.58 bits per heavy atom. The Morgan fingerprint density at radius 1 is 0.564 bits per heavy atom. The van der Waals surface area contributed by atoms with Gasteiger partial charge in [0.05, 0.1) is 19.8 Å². The highest BCUT2D eigenvalue weighted by atomic mass is 31.2. The van der Waals surface area contributed by atoms with Gasteiger partial charge >= 0.3 is 19.8 Å². The van der Waals surface area contributed by atoms with E-state index in [-0.39, 0.29) is 19.4 Å². The quantitative estimate of drug-likeness (QED) is 0.0242. The van der Waals surface area contributed by atoms with Crippen LogP contribution in [-0.2, 0) is 32.7 Å². The van der Waals surface area contributed by atoms with Crippen molar-refractivity contribution in [3.8, 4) is 0 Å². The molecule has 0 aliphatic rings. The first-order chi connectivity index (χ1) is 26.7. The lowest BCUT2D eigenvalue weighted by Crippen LogP contribution is -2.29. The molecule has 0 fully saturated rings. The molecule has 0 aromatic heterocycles. The first-order valence-electron chi connectivity index (χ1n) is 20.2. The van der Waals surface area contributed by atoms with Gasteiger partial charge in [-0.1, -0.05) is 137 Å². The van der Waals surface area contributed by atoms with Crippen LogP contribution in [0.15, 0.2) is 97.2 Å². The lowest BCUT2D eigenvalue weighted by molar-refractivity contribution is -0.161. The summed E-state index contributed by atoms with van der Waals surface area (Å²) in [6.07, 6.45) is 46.8. The molecule has 312 valence electrons. The third-order valence-corrected chi connectivity index (χ3v) is 8.67. The number of aliphatic hydroxyl groups is 2. The van der Waals surface area contributed by atoms with E-state index in [1.54, 1.807) is 0 Å². The number of aliphatic hydroxyl groups excluding tert-OH is 2. The molecule has 3 unspecified atom stereocenters. The number of carbonyl (C=O) groups excluding carboxylic acids is 2. The van der Waals surface area contributed by atoms with E-state index in [1.165, 1.54) is 6.42 Å². The number of allylic oxidation sites excluding steroid dienone is 16. The Balaban J connectivity index is 4.51. The average Bonchev–Trinajstić information content (AvgIpc) is 3.17. The van der Waals surface area contributed by atoms with Gasteiger partial charge in [-0.2, -0.15) is 0 Å². The van der Waals surface area contributed by atoms with Crippen molar-refractivity contribution in [2.24, 2.45) is 0 Å². The maximum absolute atomic E-state index is 12.6. The lowest BCUT2D eigenvalue weighted by Gasteiger charge is -2.20. The van der Waals surface area contributed by atoms with Gasteiger partial charge in [-0.3, -0.25) is 18.6 Å². The summed E-state index contributed by atoms with van der Waals surface area (Å²) in [5.41, 5.74) is 0. The van der Waals surface area contributed by atoms with Crippen LogP contribution < -0.4 is 0 Å². The molecule has 3 atom stereocenters. The van der Waals surface area contributed by atoms with Crippen LogP contribution in [-0.4, -0.2) is 65.7 Å². The van der Waals surface area contributed by atoms with E-state index < -0.39 is 51.8 Å². The summed E-state index contributed by atoms with van der Waals surface area (Å²) >= 11 is 0. The second kappa shape index (κ2) is 39.1. The third-order valence-electron chi connectivity index (χ3n) is 7.72. The molecule has 0 spiro atoms. The molecule has 0 heterocycles. The largest absolute Gasteiger partial charge is 0.472 e. The predicted octanol–water partition coefficient (Wildman–Crippen LogP) is 10.4. The third kappa shape index (κ3) is 38.9. The molecular weight excluding hydrogens is 719 g/mol. The monoisotopic (exact) mass is 790 g/mol. The SMILES string of the molecule is CC/C=C\C/C=C\C/C=C\C/C=C\C/C=C\C/C=C\CCC(=O)OC(COC(=O)CCCCCCC/C=C\C/C=C\CCC)COP(=O)(O)OCC(O)CO. The number of esters is 2. The molecule has 10 nitrogen and oxygen atoms in total. The molecule has 0 radical (unpaired) electrons. The van der Waals surface area contributed by atoms with Gasteiger partial charge in [-0.05, 0) is 77.0 Å². The summed E-state index contributed by atoms with van der Waals surface area (Å²) in [6, 6.07) is 0. The normalized spacial score (nSPS) is 14.9. The zero-order valence-corrected chi connectivity index (χ0v) is 34.5. The maximum atomic E-state index is 12.6. The zero-order valence-electron chi connectivity index (χ0n) is 33.6. The fourth-order valence-corrected chi connectivity index (χ4v) is 5.43. The van der Waals surface area contributed by atoms with Crippen molar-refractivity contribution in [1.82, 2.24) is 0 Å². The summed E-state index contributed by atoms with van der Waals surface area (Å²) in [7, 11) is -4.64. The number of rotatable bonds is 36. The first kappa shape index (κ1) is 51.9. The van der Waals surface area contributed by atoms with Crippen molar-refractivity contribution in [3.63, 3.8) is 0 Å². The molecule has 0 saturated carbocycles. The van der Waals surface area contributed by atoms with Crippen molar-refractivity contribution in [1.29, 1.82) is 0 Å². The van der Waals surface area contributed by atoms with Gasteiger partial charge in [0.25, 0.3) is 0 Å². The summed E-state index contributed by atoms with van der Waals surface area (Å²) < 4.78 is 32.5. The molecule has 0 bridgehead atoms. The van der Waals surface area contributed by atoms with Crippen LogP contribution in [0.4, 0.5) is 0 Å². The Labute approximate surface area is 332 Å². The summed E-state index contributed by atoms with van der Waals surface area (Å²) in [4.78, 5) is 34.9. The highest BCUT2D eigenvalue weighted by Crippen LogP contribution is 2.43. The molecule has 0 aliphatic heterocycles. The van der Waals surface area contributed by atoms with Gasteiger partial charge in [0.1, 0.15) is 12.7 Å². The second-order valence-electron chi connectivity index (χ2n) is 12.9. The minimum absolute atomic E-state index is 0.0500. The van der Waals surface area contributed by atoms with Crippen LogP contribution in [0.1, 0.15) is 129 Å². The zero-order chi connectivity index (χ0) is 40.5. The number of hydrogen-bond donors (Lipinski definition) is 3. The Morgan fingerprint density at radius 2 is 1.04 bits per heavy atom. The Kier molecular flexibility index (Phi) is 36.9. The number of ether oxygens (including phenoxy) is 2. The van der Waals surface area contributed by atoms with Gasteiger partial charge in [0.2, 0.25) is 0 Å². The molecule has 0 aliphatic carbocycles. The standard InChI is InChI=1S/C44H71O10P/c1-3-5-7-9-11-13-15-17-18-19-20-21-22-24-26-28-30-32-34-36-44(48)54-42(40-53-55(49,50)52-38-41(46)37-45)39-51-43(47)35-33-31-29-27-25-23-16-14-12-10-8-6-4-2/h5,7-8,10-11,13-14,16-18,20-21,24,26,30,32,41-42,45-46H,3-4,6,9,12,15,19,22-23,25,27-29,31,33-40H2,1-2H3,(H,49,50)/b7-5-,10-8-,13-11-,16-14-,18-17-,21-20-,26-24-,32-30-. The Hall–Kier alpha value is -3.11. The van der Waals surface area contributed by atoms with E-state index in [9.17, 15) is 24.2 Å². The number of hydrogen-bond acceptors (Lipinski definition) is 9. The molecule has 0 rings (SSSR count). The molecular formula is C44H71O10P.